The number of benzene rings is 2. The summed E-state index contributed by atoms with van der Waals surface area (Å²) in [4.78, 5) is 12.5. The Morgan fingerprint density at radius 3 is 2.84 bits per heavy atom. The van der Waals surface area contributed by atoms with Crippen LogP contribution in [-0.2, 0) is 0 Å². The number of anilines is 2. The number of fused-ring (bicyclic) bond motifs is 1. The highest BCUT2D eigenvalue weighted by Gasteiger charge is 2.15. The zero-order chi connectivity index (χ0) is 18.0. The van der Waals surface area contributed by atoms with E-state index in [0.29, 0.717) is 51.0 Å². The molecule has 25 heavy (non-hydrogen) atoms. The first kappa shape index (κ1) is 17.1. The number of halogens is 1. The van der Waals surface area contributed by atoms with Crippen LogP contribution in [0.1, 0.15) is 0 Å². The van der Waals surface area contributed by atoms with Gasteiger partial charge in [-0.1, -0.05) is 17.7 Å². The molecule has 0 aliphatic heterocycles. The highest BCUT2D eigenvalue weighted by atomic mass is 35.5. The molecule has 0 radical (unpaired) electrons. The molecule has 6 nitrogen and oxygen atoms in total. The van der Waals surface area contributed by atoms with E-state index in [1.165, 1.54) is 13.2 Å². The van der Waals surface area contributed by atoms with Gasteiger partial charge in [0.2, 0.25) is 0 Å². The van der Waals surface area contributed by atoms with E-state index in [-0.39, 0.29) is 12.0 Å². The van der Waals surface area contributed by atoms with Crippen molar-refractivity contribution in [3.8, 4) is 17.1 Å². The minimum absolute atomic E-state index is 0.0687. The van der Waals surface area contributed by atoms with Crippen molar-refractivity contribution < 1.29 is 14.3 Å². The molecule has 0 saturated heterocycles. The van der Waals surface area contributed by atoms with Crippen LogP contribution in [0, 0.1) is 0 Å². The summed E-state index contributed by atoms with van der Waals surface area (Å²) < 4.78 is 11.2. The monoisotopic (exact) mass is 360 g/mol. The summed E-state index contributed by atoms with van der Waals surface area (Å²) in [5.41, 5.74) is 7.68. The lowest BCUT2D eigenvalue weighted by molar-refractivity contribution is 0.311. The molecule has 130 valence electrons. The van der Waals surface area contributed by atoms with E-state index in [4.69, 9.17) is 31.6 Å². The predicted octanol–water partition coefficient (Wildman–Crippen LogP) is 3.11. The number of hydrogen-bond donors (Lipinski definition) is 3. The molecule has 0 unspecified atom stereocenters. The van der Waals surface area contributed by atoms with Crippen LogP contribution in [0.3, 0.4) is 0 Å². The van der Waals surface area contributed by atoms with E-state index in [0.717, 1.165) is 0 Å². The van der Waals surface area contributed by atoms with Crippen LogP contribution >= 0.6 is 11.6 Å². The normalized spacial score (nSPS) is 10.8. The average molecular weight is 361 g/mol. The maximum atomic E-state index is 12.5. The molecule has 0 bridgehead atoms. The van der Waals surface area contributed by atoms with Gasteiger partial charge in [0.05, 0.1) is 30.5 Å². The molecule has 7 heteroatoms. The van der Waals surface area contributed by atoms with E-state index in [1.807, 2.05) is 0 Å². The van der Waals surface area contributed by atoms with Gasteiger partial charge in [-0.15, -0.1) is 0 Å². The van der Waals surface area contributed by atoms with Crippen molar-refractivity contribution in [3.05, 3.63) is 51.6 Å². The molecule has 0 spiro atoms. The number of ether oxygens (including phenoxy) is 1. The van der Waals surface area contributed by atoms with E-state index in [9.17, 15) is 4.79 Å². The summed E-state index contributed by atoms with van der Waals surface area (Å²) in [5.74, 6) is 0.818. The summed E-state index contributed by atoms with van der Waals surface area (Å²) in [7, 11) is 1.52. The standard InChI is InChI=1S/C18H17ClN2O4/c1-24-15-4-2-3-11(17(15)20)16-9-14(23)12-7-10(19)8-13(18(12)25-16)21-5-6-22/h2-4,7-9,21-22H,5-6,20H2,1H3. The second-order valence-corrected chi connectivity index (χ2v) is 5.81. The van der Waals surface area contributed by atoms with Crippen molar-refractivity contribution in [3.63, 3.8) is 0 Å². The Morgan fingerprint density at radius 2 is 2.12 bits per heavy atom. The van der Waals surface area contributed by atoms with Gasteiger partial charge in [0.1, 0.15) is 11.5 Å². The Bertz CT molecular complexity index is 985. The smallest absolute Gasteiger partial charge is 0.193 e. The molecule has 0 fully saturated rings. The Morgan fingerprint density at radius 1 is 1.32 bits per heavy atom. The molecule has 2 aromatic carbocycles. The highest BCUT2D eigenvalue weighted by Crippen LogP contribution is 2.35. The maximum absolute atomic E-state index is 12.5. The third-order valence-electron chi connectivity index (χ3n) is 3.77. The number of nitrogens with two attached hydrogens (primary N) is 1. The van der Waals surface area contributed by atoms with E-state index < -0.39 is 0 Å². The molecule has 3 aromatic rings. The third kappa shape index (κ3) is 3.26. The first-order valence-corrected chi connectivity index (χ1v) is 7.98. The number of methoxy groups -OCH3 is 1. The Balaban J connectivity index is 2.25. The first-order valence-electron chi connectivity index (χ1n) is 7.60. The van der Waals surface area contributed by atoms with Gasteiger partial charge in [0.15, 0.2) is 11.0 Å². The number of nitrogens with one attached hydrogen (secondary N) is 1. The molecular weight excluding hydrogens is 344 g/mol. The largest absolute Gasteiger partial charge is 0.495 e. The van der Waals surface area contributed by atoms with Crippen molar-refractivity contribution >= 4 is 33.9 Å². The maximum Gasteiger partial charge on any atom is 0.193 e. The SMILES string of the molecule is COc1cccc(-c2cc(=O)c3cc(Cl)cc(NCCO)c3o2)c1N. The van der Waals surface area contributed by atoms with Gasteiger partial charge >= 0.3 is 0 Å². The fraction of sp³-hybridized carbons (Fsp3) is 0.167. The first-order chi connectivity index (χ1) is 12.0. The summed E-state index contributed by atoms with van der Waals surface area (Å²) in [6, 6.07) is 9.80. The van der Waals surface area contributed by atoms with Crippen LogP contribution < -0.4 is 21.2 Å². The fourth-order valence-electron chi connectivity index (χ4n) is 2.61. The van der Waals surface area contributed by atoms with Crippen molar-refractivity contribution in [2.45, 2.75) is 0 Å². The number of aliphatic hydroxyl groups is 1. The number of nitrogen functional groups attached to an aromatic ring is 1. The van der Waals surface area contributed by atoms with Crippen LogP contribution in [0.25, 0.3) is 22.3 Å². The summed E-state index contributed by atoms with van der Waals surface area (Å²) >= 11 is 6.08. The number of para-hydroxylation sites is 1. The number of rotatable bonds is 5. The highest BCUT2D eigenvalue weighted by molar-refractivity contribution is 6.31. The van der Waals surface area contributed by atoms with Gasteiger partial charge in [-0.2, -0.15) is 0 Å². The lowest BCUT2D eigenvalue weighted by Gasteiger charge is -2.12. The van der Waals surface area contributed by atoms with Crippen molar-refractivity contribution in [1.82, 2.24) is 0 Å². The van der Waals surface area contributed by atoms with E-state index in [1.54, 1.807) is 30.3 Å². The zero-order valence-corrected chi connectivity index (χ0v) is 14.3. The molecule has 1 aromatic heterocycles. The summed E-state index contributed by atoms with van der Waals surface area (Å²) in [5, 5.41) is 12.8. The van der Waals surface area contributed by atoms with Crippen LogP contribution in [0.15, 0.2) is 45.6 Å². The van der Waals surface area contributed by atoms with Gasteiger partial charge in [-0.05, 0) is 24.3 Å². The molecule has 0 atom stereocenters. The molecule has 0 aliphatic carbocycles. The van der Waals surface area contributed by atoms with Crippen LogP contribution in [0.4, 0.5) is 11.4 Å². The Kier molecular flexibility index (Phi) is 4.83. The molecule has 3 rings (SSSR count). The average Bonchev–Trinajstić information content (AvgIpc) is 2.60. The minimum Gasteiger partial charge on any atom is -0.495 e. The van der Waals surface area contributed by atoms with Crippen molar-refractivity contribution in [2.24, 2.45) is 0 Å². The minimum atomic E-state index is -0.243. The zero-order valence-electron chi connectivity index (χ0n) is 13.5. The van der Waals surface area contributed by atoms with E-state index in [2.05, 4.69) is 5.32 Å². The van der Waals surface area contributed by atoms with Gasteiger partial charge in [-0.3, -0.25) is 4.79 Å². The van der Waals surface area contributed by atoms with Crippen molar-refractivity contribution in [2.75, 3.05) is 31.3 Å². The molecule has 0 amide bonds. The lowest BCUT2D eigenvalue weighted by Crippen LogP contribution is -2.08. The second kappa shape index (κ2) is 7.04. The third-order valence-corrected chi connectivity index (χ3v) is 3.99. The fourth-order valence-corrected chi connectivity index (χ4v) is 2.83. The number of aliphatic hydroxyl groups excluding tert-OH is 1. The molecule has 0 saturated carbocycles. The van der Waals surface area contributed by atoms with Gasteiger partial charge in [-0.25, -0.2) is 0 Å². The quantitative estimate of drug-likeness (QED) is 0.605. The second-order valence-electron chi connectivity index (χ2n) is 5.38. The summed E-state index contributed by atoms with van der Waals surface area (Å²) in [6.07, 6.45) is 0. The molecular formula is C18H17ClN2O4. The summed E-state index contributed by atoms with van der Waals surface area (Å²) in [6.45, 7) is 0.228. The Labute approximate surface area is 148 Å². The molecule has 4 N–H and O–H groups in total. The number of hydrogen-bond acceptors (Lipinski definition) is 6. The Hall–Kier alpha value is -2.70. The van der Waals surface area contributed by atoms with Gasteiger partial charge < -0.3 is 25.3 Å². The van der Waals surface area contributed by atoms with Gasteiger partial charge in [0, 0.05) is 23.2 Å². The van der Waals surface area contributed by atoms with Crippen LogP contribution in [0.5, 0.6) is 5.75 Å². The predicted molar refractivity (Wildman–Crippen MR) is 99.5 cm³/mol. The van der Waals surface area contributed by atoms with Gasteiger partial charge in [0.25, 0.3) is 0 Å². The van der Waals surface area contributed by atoms with Crippen molar-refractivity contribution in [1.29, 1.82) is 0 Å². The topological polar surface area (TPSA) is 97.7 Å². The lowest BCUT2D eigenvalue weighted by atomic mass is 10.1. The molecule has 0 aliphatic rings. The van der Waals surface area contributed by atoms with Crippen LogP contribution in [-0.4, -0.2) is 25.4 Å². The van der Waals surface area contributed by atoms with E-state index >= 15 is 0 Å². The van der Waals surface area contributed by atoms with Crippen LogP contribution in [0.2, 0.25) is 5.02 Å². The molecule has 1 heterocycles.